The predicted molar refractivity (Wildman–Crippen MR) is 152 cm³/mol. The number of H-pyrrole nitrogens is 1. The molecule has 0 bridgehead atoms. The van der Waals surface area contributed by atoms with Crippen molar-refractivity contribution >= 4 is 28.7 Å². The SMILES string of the molecule is CC(C)c1ncnc(C(C)C)c1-n1c(=O)[nH]c(=O)c2c(OC[C@H]3CN(C(=O)OC(C)(C)C)CCN3)cc(Cl)nc21. The van der Waals surface area contributed by atoms with Gasteiger partial charge in [0, 0.05) is 25.7 Å². The molecule has 40 heavy (non-hydrogen) atoms. The van der Waals surface area contributed by atoms with Crippen molar-refractivity contribution in [3.8, 4) is 11.4 Å². The number of ether oxygens (including phenoxy) is 2. The van der Waals surface area contributed by atoms with Crippen LogP contribution in [0.5, 0.6) is 5.75 Å². The molecule has 1 atom stereocenters. The Morgan fingerprint density at radius 3 is 2.40 bits per heavy atom. The van der Waals surface area contributed by atoms with Gasteiger partial charge in [-0.25, -0.2) is 29.1 Å². The van der Waals surface area contributed by atoms with Crippen LogP contribution in [0.1, 0.15) is 71.7 Å². The lowest BCUT2D eigenvalue weighted by Gasteiger charge is -2.34. The third kappa shape index (κ3) is 6.28. The molecule has 3 aromatic rings. The van der Waals surface area contributed by atoms with E-state index in [0.29, 0.717) is 36.7 Å². The van der Waals surface area contributed by atoms with Crippen LogP contribution in [0.25, 0.3) is 16.7 Å². The summed E-state index contributed by atoms with van der Waals surface area (Å²) in [7, 11) is 0. The Morgan fingerprint density at radius 2 is 1.80 bits per heavy atom. The van der Waals surface area contributed by atoms with E-state index in [9.17, 15) is 14.4 Å². The van der Waals surface area contributed by atoms with Gasteiger partial charge in [0.1, 0.15) is 34.8 Å². The quantitative estimate of drug-likeness (QED) is 0.424. The summed E-state index contributed by atoms with van der Waals surface area (Å²) in [6, 6.07) is 1.20. The predicted octanol–water partition coefficient (Wildman–Crippen LogP) is 3.35. The fraction of sp³-hybridized carbons (Fsp3) is 0.556. The minimum absolute atomic E-state index is 0.0434. The molecule has 4 heterocycles. The zero-order chi connectivity index (χ0) is 29.4. The first-order valence-corrected chi connectivity index (χ1v) is 13.7. The van der Waals surface area contributed by atoms with Crippen molar-refractivity contribution in [2.45, 2.75) is 71.9 Å². The molecular formula is C27H36ClN7O5. The third-order valence-corrected chi connectivity index (χ3v) is 6.53. The molecule has 0 radical (unpaired) electrons. The number of pyridine rings is 1. The lowest BCUT2D eigenvalue weighted by molar-refractivity contribution is 0.0178. The smallest absolute Gasteiger partial charge is 0.410 e. The molecule has 3 aromatic heterocycles. The van der Waals surface area contributed by atoms with Gasteiger partial charge in [-0.1, -0.05) is 39.3 Å². The van der Waals surface area contributed by atoms with Crippen molar-refractivity contribution in [1.29, 1.82) is 0 Å². The summed E-state index contributed by atoms with van der Waals surface area (Å²) in [6.07, 6.45) is 1.07. The number of halogens is 1. The number of aromatic nitrogens is 5. The van der Waals surface area contributed by atoms with Gasteiger partial charge in [0.2, 0.25) is 0 Å². The normalized spacial score (nSPS) is 16.1. The number of piperazine rings is 1. The summed E-state index contributed by atoms with van der Waals surface area (Å²) in [5.41, 5.74) is -0.177. The van der Waals surface area contributed by atoms with Gasteiger partial charge in [0.15, 0.2) is 5.65 Å². The Kier molecular flexibility index (Phi) is 8.50. The summed E-state index contributed by atoms with van der Waals surface area (Å²) < 4.78 is 12.9. The van der Waals surface area contributed by atoms with Gasteiger partial charge in [-0.05, 0) is 32.6 Å². The zero-order valence-corrected chi connectivity index (χ0v) is 24.6. The second kappa shape index (κ2) is 11.5. The number of amides is 1. The number of carbonyl (C=O) groups excluding carboxylic acids is 1. The van der Waals surface area contributed by atoms with E-state index in [0.717, 1.165) is 0 Å². The van der Waals surface area contributed by atoms with E-state index >= 15 is 0 Å². The highest BCUT2D eigenvalue weighted by atomic mass is 35.5. The molecular weight excluding hydrogens is 538 g/mol. The number of carbonyl (C=O) groups is 1. The molecule has 0 unspecified atom stereocenters. The molecule has 0 aromatic carbocycles. The van der Waals surface area contributed by atoms with Gasteiger partial charge < -0.3 is 19.7 Å². The van der Waals surface area contributed by atoms with Gasteiger partial charge in [-0.2, -0.15) is 0 Å². The highest BCUT2D eigenvalue weighted by molar-refractivity contribution is 6.30. The molecule has 2 N–H and O–H groups in total. The average Bonchev–Trinajstić information content (AvgIpc) is 2.85. The van der Waals surface area contributed by atoms with Crippen molar-refractivity contribution < 1.29 is 14.3 Å². The topological polar surface area (TPSA) is 144 Å². The van der Waals surface area contributed by atoms with Gasteiger partial charge in [-0.3, -0.25) is 9.78 Å². The molecule has 0 spiro atoms. The maximum Gasteiger partial charge on any atom is 0.410 e. The number of aromatic amines is 1. The Balaban J connectivity index is 1.75. The highest BCUT2D eigenvalue weighted by Gasteiger charge is 2.29. The number of nitrogens with one attached hydrogen (secondary N) is 2. The second-order valence-electron chi connectivity index (χ2n) is 11.4. The van der Waals surface area contributed by atoms with Crippen molar-refractivity contribution in [2.75, 3.05) is 26.2 Å². The second-order valence-corrected chi connectivity index (χ2v) is 11.8. The van der Waals surface area contributed by atoms with Gasteiger partial charge in [0.25, 0.3) is 5.56 Å². The van der Waals surface area contributed by atoms with Crippen LogP contribution < -0.4 is 21.3 Å². The average molecular weight is 574 g/mol. The van der Waals surface area contributed by atoms with Crippen LogP contribution in [0.2, 0.25) is 5.15 Å². The molecule has 1 aliphatic rings. The highest BCUT2D eigenvalue weighted by Crippen LogP contribution is 2.31. The summed E-state index contributed by atoms with van der Waals surface area (Å²) in [5.74, 6) is 0.0596. The van der Waals surface area contributed by atoms with Crippen LogP contribution in [0, 0.1) is 0 Å². The van der Waals surface area contributed by atoms with E-state index in [1.165, 1.54) is 17.0 Å². The maximum absolute atomic E-state index is 13.3. The van der Waals surface area contributed by atoms with E-state index in [-0.39, 0.29) is 46.4 Å². The van der Waals surface area contributed by atoms with Crippen LogP contribution in [0.15, 0.2) is 22.0 Å². The number of hydrogen-bond donors (Lipinski definition) is 2. The molecule has 1 saturated heterocycles. The van der Waals surface area contributed by atoms with Crippen molar-refractivity contribution in [1.82, 2.24) is 34.7 Å². The molecule has 4 rings (SSSR count). The van der Waals surface area contributed by atoms with Crippen LogP contribution in [0.4, 0.5) is 4.79 Å². The Morgan fingerprint density at radius 1 is 1.15 bits per heavy atom. The third-order valence-electron chi connectivity index (χ3n) is 6.34. The van der Waals surface area contributed by atoms with Crippen molar-refractivity contribution in [2.24, 2.45) is 0 Å². The summed E-state index contributed by atoms with van der Waals surface area (Å²) in [4.78, 5) is 56.3. The summed E-state index contributed by atoms with van der Waals surface area (Å²) in [6.45, 7) is 14.8. The maximum atomic E-state index is 13.3. The minimum Gasteiger partial charge on any atom is -0.491 e. The lowest BCUT2D eigenvalue weighted by atomic mass is 10.0. The fourth-order valence-corrected chi connectivity index (χ4v) is 4.77. The molecule has 0 saturated carbocycles. The van der Waals surface area contributed by atoms with Crippen molar-refractivity contribution in [3.05, 3.63) is 49.8 Å². The molecule has 1 amide bonds. The van der Waals surface area contributed by atoms with Crippen molar-refractivity contribution in [3.63, 3.8) is 0 Å². The molecule has 216 valence electrons. The molecule has 1 fully saturated rings. The Bertz CT molecular complexity index is 1500. The van der Waals surface area contributed by atoms with Crippen LogP contribution in [-0.4, -0.2) is 73.4 Å². The summed E-state index contributed by atoms with van der Waals surface area (Å²) >= 11 is 6.41. The number of rotatable bonds is 6. The van der Waals surface area contributed by atoms with Crippen LogP contribution in [0.3, 0.4) is 0 Å². The van der Waals surface area contributed by atoms with Gasteiger partial charge in [0.05, 0.1) is 23.1 Å². The van der Waals surface area contributed by atoms with Gasteiger partial charge in [-0.15, -0.1) is 0 Å². The summed E-state index contributed by atoms with van der Waals surface area (Å²) in [5, 5.41) is 3.43. The first-order valence-electron chi connectivity index (χ1n) is 13.3. The molecule has 0 aliphatic carbocycles. The number of fused-ring (bicyclic) bond motifs is 1. The first-order chi connectivity index (χ1) is 18.8. The van der Waals surface area contributed by atoms with Gasteiger partial charge >= 0.3 is 11.8 Å². The standard InChI is InChI=1S/C27H36ClN7O5/c1-14(2)20-22(21(15(3)4)31-13-30-20)35-23-19(24(36)33-25(35)37)17(10-18(28)32-23)39-12-16-11-34(9-8-29-16)26(38)40-27(5,6)7/h10,13-16,29H,8-9,11-12H2,1-7H3,(H,33,36,37)/t16-/m1/s1. The van der Waals surface area contributed by atoms with Crippen LogP contribution in [-0.2, 0) is 4.74 Å². The van der Waals surface area contributed by atoms with Crippen LogP contribution >= 0.6 is 11.6 Å². The minimum atomic E-state index is -0.682. The molecule has 12 nitrogen and oxygen atoms in total. The Hall–Kier alpha value is -3.51. The lowest BCUT2D eigenvalue weighted by Crippen LogP contribution is -2.55. The zero-order valence-electron chi connectivity index (χ0n) is 23.9. The number of nitrogens with zero attached hydrogens (tertiary/aromatic N) is 5. The molecule has 13 heteroatoms. The monoisotopic (exact) mass is 573 g/mol. The largest absolute Gasteiger partial charge is 0.491 e. The molecule has 1 aliphatic heterocycles. The number of hydrogen-bond acceptors (Lipinski definition) is 9. The van der Waals surface area contributed by atoms with E-state index in [1.807, 2.05) is 48.5 Å². The Labute approximate surface area is 237 Å². The van der Waals surface area contributed by atoms with E-state index < -0.39 is 22.9 Å². The first kappa shape index (κ1) is 29.5. The van der Waals surface area contributed by atoms with E-state index in [1.54, 1.807) is 4.90 Å². The van der Waals surface area contributed by atoms with E-state index in [4.69, 9.17) is 21.1 Å². The van der Waals surface area contributed by atoms with E-state index in [2.05, 4.69) is 25.3 Å². The fourth-order valence-electron chi connectivity index (χ4n) is 4.59.